The maximum atomic E-state index is 14.0. The topological polar surface area (TPSA) is 23.6 Å². The molecule has 3 nitrogen and oxygen atoms in total. The van der Waals surface area contributed by atoms with E-state index in [1.807, 2.05) is 0 Å². The Bertz CT molecular complexity index is 479. The predicted molar refractivity (Wildman–Crippen MR) is 78.3 cm³/mol. The molecule has 1 saturated heterocycles. The van der Waals surface area contributed by atoms with Crippen molar-refractivity contribution in [3.05, 3.63) is 35.1 Å². The maximum absolute atomic E-state index is 14.0. The summed E-state index contributed by atoms with van der Waals surface area (Å²) in [5.74, 6) is 0.0822. The van der Waals surface area contributed by atoms with Gasteiger partial charge in [0.1, 0.15) is 5.82 Å². The average Bonchev–Trinajstić information content (AvgIpc) is 2.41. The summed E-state index contributed by atoms with van der Waals surface area (Å²) in [4.78, 5) is 16.3. The highest BCUT2D eigenvalue weighted by atomic mass is 19.1. The molecule has 1 amide bonds. The van der Waals surface area contributed by atoms with Gasteiger partial charge in [-0.3, -0.25) is 4.79 Å². The number of amides is 1. The number of benzene rings is 1. The molecule has 1 aromatic carbocycles. The first-order valence-electron chi connectivity index (χ1n) is 7.18. The Balaban J connectivity index is 2.00. The molecule has 1 fully saturated rings. The number of hydrogen-bond donors (Lipinski definition) is 0. The van der Waals surface area contributed by atoms with E-state index in [0.29, 0.717) is 11.5 Å². The van der Waals surface area contributed by atoms with E-state index in [2.05, 4.69) is 19.0 Å². The standard InChI is InChI=1S/C16H23FN2O/c1-12-5-4-6-14(15(12)17)16(20)19-9-7-13(8-10-19)11-18(2)3/h4-6,13H,7-11H2,1-3H3. The maximum Gasteiger partial charge on any atom is 0.256 e. The minimum absolute atomic E-state index is 0.172. The minimum Gasteiger partial charge on any atom is -0.339 e. The molecule has 1 aromatic rings. The lowest BCUT2D eigenvalue weighted by molar-refractivity contribution is 0.0673. The van der Waals surface area contributed by atoms with Gasteiger partial charge in [0.15, 0.2) is 0 Å². The number of aryl methyl sites for hydroxylation is 1. The summed E-state index contributed by atoms with van der Waals surface area (Å²) in [5.41, 5.74) is 0.731. The van der Waals surface area contributed by atoms with E-state index in [4.69, 9.17) is 0 Å². The summed E-state index contributed by atoms with van der Waals surface area (Å²) in [6.07, 6.45) is 1.99. The molecule has 4 heteroatoms. The van der Waals surface area contributed by atoms with Crippen LogP contribution in [0.15, 0.2) is 18.2 Å². The normalized spacial score (nSPS) is 16.8. The quantitative estimate of drug-likeness (QED) is 0.848. The van der Waals surface area contributed by atoms with Gasteiger partial charge in [-0.25, -0.2) is 4.39 Å². The Morgan fingerprint density at radius 1 is 1.35 bits per heavy atom. The largest absolute Gasteiger partial charge is 0.339 e. The molecule has 2 rings (SSSR count). The molecule has 0 bridgehead atoms. The third-order valence-electron chi connectivity index (χ3n) is 3.95. The Labute approximate surface area is 120 Å². The summed E-state index contributed by atoms with van der Waals surface area (Å²) in [5, 5.41) is 0. The molecule has 0 atom stereocenters. The van der Waals surface area contributed by atoms with Gasteiger partial charge in [0, 0.05) is 19.6 Å². The van der Waals surface area contributed by atoms with E-state index in [9.17, 15) is 9.18 Å². The summed E-state index contributed by atoms with van der Waals surface area (Å²) in [7, 11) is 4.14. The highest BCUT2D eigenvalue weighted by Gasteiger charge is 2.25. The van der Waals surface area contributed by atoms with Crippen molar-refractivity contribution in [1.29, 1.82) is 0 Å². The van der Waals surface area contributed by atoms with Crippen molar-refractivity contribution < 1.29 is 9.18 Å². The first kappa shape index (κ1) is 15.0. The first-order valence-corrected chi connectivity index (χ1v) is 7.18. The van der Waals surface area contributed by atoms with Crippen LogP contribution in [0.5, 0.6) is 0 Å². The van der Waals surface area contributed by atoms with Crippen LogP contribution in [0.4, 0.5) is 4.39 Å². The second kappa shape index (κ2) is 6.35. The number of piperidine rings is 1. The molecule has 0 spiro atoms. The smallest absolute Gasteiger partial charge is 0.256 e. The highest BCUT2D eigenvalue weighted by Crippen LogP contribution is 2.21. The zero-order chi connectivity index (χ0) is 14.7. The van der Waals surface area contributed by atoms with Gasteiger partial charge in [-0.05, 0) is 51.4 Å². The molecule has 1 aliphatic rings. The molecular formula is C16H23FN2O. The number of hydrogen-bond acceptors (Lipinski definition) is 2. The van der Waals surface area contributed by atoms with E-state index < -0.39 is 0 Å². The van der Waals surface area contributed by atoms with Gasteiger partial charge >= 0.3 is 0 Å². The minimum atomic E-state index is -0.382. The number of carbonyl (C=O) groups is 1. The van der Waals surface area contributed by atoms with Gasteiger partial charge in [-0.15, -0.1) is 0 Å². The van der Waals surface area contributed by atoms with Crippen LogP contribution in [0.3, 0.4) is 0 Å². The number of nitrogens with zero attached hydrogens (tertiary/aromatic N) is 2. The lowest BCUT2D eigenvalue weighted by atomic mass is 9.95. The fraction of sp³-hybridized carbons (Fsp3) is 0.562. The first-order chi connectivity index (χ1) is 9.49. The Kier molecular flexibility index (Phi) is 4.76. The van der Waals surface area contributed by atoms with Gasteiger partial charge in [-0.2, -0.15) is 0 Å². The van der Waals surface area contributed by atoms with Crippen molar-refractivity contribution >= 4 is 5.91 Å². The molecule has 1 aliphatic heterocycles. The van der Waals surface area contributed by atoms with Crippen molar-refractivity contribution in [2.45, 2.75) is 19.8 Å². The van der Waals surface area contributed by atoms with Gasteiger partial charge in [0.25, 0.3) is 5.91 Å². The van der Waals surface area contributed by atoms with Gasteiger partial charge < -0.3 is 9.80 Å². The van der Waals surface area contributed by atoms with Gasteiger partial charge in [0.2, 0.25) is 0 Å². The average molecular weight is 278 g/mol. The number of halogens is 1. The Morgan fingerprint density at radius 2 is 2.00 bits per heavy atom. The van der Waals surface area contributed by atoms with Crippen LogP contribution >= 0.6 is 0 Å². The van der Waals surface area contributed by atoms with Crippen LogP contribution < -0.4 is 0 Å². The Morgan fingerprint density at radius 3 is 2.60 bits per heavy atom. The van der Waals surface area contributed by atoms with E-state index in [0.717, 1.165) is 32.5 Å². The molecule has 20 heavy (non-hydrogen) atoms. The molecule has 0 saturated carbocycles. The van der Waals surface area contributed by atoms with Crippen molar-refractivity contribution in [2.24, 2.45) is 5.92 Å². The van der Waals surface area contributed by atoms with Gasteiger partial charge in [0.05, 0.1) is 5.56 Å². The molecule has 110 valence electrons. The summed E-state index contributed by atoms with van der Waals surface area (Å²) in [6.45, 7) is 4.20. The lowest BCUT2D eigenvalue weighted by Gasteiger charge is -2.33. The Hall–Kier alpha value is -1.42. The molecule has 0 aromatic heterocycles. The SMILES string of the molecule is Cc1cccc(C(=O)N2CCC(CN(C)C)CC2)c1F. The molecular weight excluding hydrogens is 255 g/mol. The molecule has 1 heterocycles. The van der Waals surface area contributed by atoms with E-state index >= 15 is 0 Å². The summed E-state index contributed by atoms with van der Waals surface area (Å²) >= 11 is 0. The fourth-order valence-electron chi connectivity index (χ4n) is 2.82. The van der Waals surface area contributed by atoms with Crippen LogP contribution in [0.25, 0.3) is 0 Å². The number of likely N-dealkylation sites (tertiary alicyclic amines) is 1. The summed E-state index contributed by atoms with van der Waals surface area (Å²) in [6, 6.07) is 5.01. The molecule has 0 radical (unpaired) electrons. The predicted octanol–water partition coefficient (Wildman–Crippen LogP) is 2.55. The third-order valence-corrected chi connectivity index (χ3v) is 3.95. The van der Waals surface area contributed by atoms with Gasteiger partial charge in [-0.1, -0.05) is 12.1 Å². The number of rotatable bonds is 3. The van der Waals surface area contributed by atoms with Crippen LogP contribution in [-0.2, 0) is 0 Å². The van der Waals surface area contributed by atoms with Crippen molar-refractivity contribution in [3.63, 3.8) is 0 Å². The van der Waals surface area contributed by atoms with Crippen molar-refractivity contribution in [1.82, 2.24) is 9.80 Å². The van der Waals surface area contributed by atoms with Crippen LogP contribution in [0, 0.1) is 18.7 Å². The fourth-order valence-corrected chi connectivity index (χ4v) is 2.82. The van der Waals surface area contributed by atoms with Crippen molar-refractivity contribution in [3.8, 4) is 0 Å². The third kappa shape index (κ3) is 3.37. The van der Waals surface area contributed by atoms with Crippen LogP contribution in [-0.4, -0.2) is 49.4 Å². The second-order valence-corrected chi connectivity index (χ2v) is 5.93. The highest BCUT2D eigenvalue weighted by molar-refractivity contribution is 5.94. The number of carbonyl (C=O) groups excluding carboxylic acids is 1. The zero-order valence-corrected chi connectivity index (χ0v) is 12.5. The lowest BCUT2D eigenvalue weighted by Crippen LogP contribution is -2.41. The molecule has 0 aliphatic carbocycles. The second-order valence-electron chi connectivity index (χ2n) is 5.93. The van der Waals surface area contributed by atoms with Crippen LogP contribution in [0.1, 0.15) is 28.8 Å². The zero-order valence-electron chi connectivity index (χ0n) is 12.5. The monoisotopic (exact) mass is 278 g/mol. The van der Waals surface area contributed by atoms with Crippen molar-refractivity contribution in [2.75, 3.05) is 33.7 Å². The summed E-state index contributed by atoms with van der Waals surface area (Å²) < 4.78 is 14.0. The van der Waals surface area contributed by atoms with Crippen LogP contribution in [0.2, 0.25) is 0 Å². The van der Waals surface area contributed by atoms with E-state index in [1.54, 1.807) is 30.0 Å². The molecule has 0 unspecified atom stereocenters. The van der Waals surface area contributed by atoms with E-state index in [1.165, 1.54) is 0 Å². The van der Waals surface area contributed by atoms with E-state index in [-0.39, 0.29) is 17.3 Å². The molecule has 0 N–H and O–H groups in total.